The van der Waals surface area contributed by atoms with Crippen molar-refractivity contribution in [2.24, 2.45) is 5.92 Å². The van der Waals surface area contributed by atoms with Crippen LogP contribution in [-0.4, -0.2) is 34.5 Å². The lowest BCUT2D eigenvalue weighted by Crippen LogP contribution is -2.46. The molecule has 0 bridgehead atoms. The molecule has 1 aliphatic heterocycles. The van der Waals surface area contributed by atoms with Crippen molar-refractivity contribution in [1.82, 2.24) is 4.90 Å². The first kappa shape index (κ1) is 18.8. The van der Waals surface area contributed by atoms with Gasteiger partial charge in [-0.3, -0.25) is 4.90 Å². The molecule has 4 heteroatoms. The Morgan fingerprint density at radius 3 is 2.79 bits per heavy atom. The average Bonchev–Trinajstić information content (AvgIpc) is 2.61. The summed E-state index contributed by atoms with van der Waals surface area (Å²) in [6, 6.07) is 9.80. The van der Waals surface area contributed by atoms with E-state index in [2.05, 4.69) is 0 Å². The Labute approximate surface area is 144 Å². The van der Waals surface area contributed by atoms with Crippen LogP contribution >= 0.6 is 0 Å². The average molecular weight is 333 g/mol. The molecule has 1 saturated heterocycles. The summed E-state index contributed by atoms with van der Waals surface area (Å²) in [7, 11) is 0. The minimum atomic E-state index is -0.893. The first-order valence-electron chi connectivity index (χ1n) is 8.78. The van der Waals surface area contributed by atoms with Gasteiger partial charge in [-0.05, 0) is 30.9 Å². The van der Waals surface area contributed by atoms with Crippen molar-refractivity contribution in [2.45, 2.75) is 44.9 Å². The number of aliphatic hydroxyl groups is 2. The molecule has 1 aromatic carbocycles. The van der Waals surface area contributed by atoms with Crippen LogP contribution in [0.2, 0.25) is 0 Å². The standard InChI is InChI=1S/C20H28FNO2/c1-2-3-5-12-18(21)14-19(24)22-13-8-11-17(15-23)20(22)16-9-6-4-7-10-16/h3-7,9-10,12,17,19-20,23-24H,2,8,11,13-15H2,1H3/b5-3-,18-12+/t17-,19?,20+/m1/s1. The highest BCUT2D eigenvalue weighted by Gasteiger charge is 2.35. The number of piperidine rings is 1. The molecular weight excluding hydrogens is 305 g/mol. The third-order valence-corrected chi connectivity index (χ3v) is 4.58. The zero-order valence-corrected chi connectivity index (χ0v) is 14.3. The van der Waals surface area contributed by atoms with E-state index in [-0.39, 0.29) is 30.8 Å². The highest BCUT2D eigenvalue weighted by molar-refractivity contribution is 5.21. The molecule has 1 heterocycles. The number of hydrogen-bond donors (Lipinski definition) is 2. The van der Waals surface area contributed by atoms with Crippen molar-refractivity contribution < 1.29 is 14.6 Å². The van der Waals surface area contributed by atoms with E-state index in [1.165, 1.54) is 6.08 Å². The van der Waals surface area contributed by atoms with Gasteiger partial charge in [-0.25, -0.2) is 4.39 Å². The highest BCUT2D eigenvalue weighted by Crippen LogP contribution is 2.37. The van der Waals surface area contributed by atoms with Gasteiger partial charge >= 0.3 is 0 Å². The van der Waals surface area contributed by atoms with Gasteiger partial charge in [0, 0.05) is 31.5 Å². The number of nitrogens with zero attached hydrogens (tertiary/aromatic N) is 1. The smallest absolute Gasteiger partial charge is 0.114 e. The molecule has 1 unspecified atom stereocenters. The molecule has 2 rings (SSSR count). The number of aliphatic hydroxyl groups excluding tert-OH is 2. The predicted octanol–water partition coefficient (Wildman–Crippen LogP) is 3.96. The van der Waals surface area contributed by atoms with E-state index in [1.54, 1.807) is 6.08 Å². The molecular formula is C20H28FNO2. The third-order valence-electron chi connectivity index (χ3n) is 4.58. The fourth-order valence-electron chi connectivity index (χ4n) is 3.41. The minimum absolute atomic E-state index is 0.0322. The van der Waals surface area contributed by atoms with Crippen LogP contribution in [0.5, 0.6) is 0 Å². The van der Waals surface area contributed by atoms with Crippen LogP contribution < -0.4 is 0 Å². The summed E-state index contributed by atoms with van der Waals surface area (Å²) in [5.74, 6) is -0.270. The first-order chi connectivity index (χ1) is 11.7. The topological polar surface area (TPSA) is 43.7 Å². The molecule has 1 fully saturated rings. The zero-order chi connectivity index (χ0) is 17.4. The molecule has 24 heavy (non-hydrogen) atoms. The SMILES string of the molecule is CC/C=C\C=C(\F)CC(O)N1CCC[C@H](CO)[C@@H]1c1ccccc1. The Morgan fingerprint density at radius 1 is 1.38 bits per heavy atom. The normalized spacial score (nSPS) is 24.4. The van der Waals surface area contributed by atoms with Gasteiger partial charge in [-0.2, -0.15) is 0 Å². The summed E-state index contributed by atoms with van der Waals surface area (Å²) in [5.41, 5.74) is 1.06. The summed E-state index contributed by atoms with van der Waals surface area (Å²) in [6.45, 7) is 2.76. The van der Waals surface area contributed by atoms with Crippen molar-refractivity contribution in [1.29, 1.82) is 0 Å². The molecule has 132 valence electrons. The quantitative estimate of drug-likeness (QED) is 0.742. The van der Waals surface area contributed by atoms with E-state index in [4.69, 9.17) is 0 Å². The molecule has 0 spiro atoms. The van der Waals surface area contributed by atoms with Crippen molar-refractivity contribution in [3.63, 3.8) is 0 Å². The van der Waals surface area contributed by atoms with Crippen LogP contribution in [0.3, 0.4) is 0 Å². The lowest BCUT2D eigenvalue weighted by molar-refractivity contribution is -0.0706. The molecule has 1 aromatic rings. The van der Waals surface area contributed by atoms with E-state index in [1.807, 2.05) is 48.2 Å². The number of halogens is 1. The Morgan fingerprint density at radius 2 is 2.12 bits per heavy atom. The number of likely N-dealkylation sites (tertiary alicyclic amines) is 1. The largest absolute Gasteiger partial charge is 0.396 e. The second-order valence-electron chi connectivity index (χ2n) is 6.31. The van der Waals surface area contributed by atoms with E-state index in [0.29, 0.717) is 6.54 Å². The minimum Gasteiger partial charge on any atom is -0.396 e. The second kappa shape index (κ2) is 9.72. The lowest BCUT2D eigenvalue weighted by Gasteiger charge is -2.43. The van der Waals surface area contributed by atoms with Gasteiger partial charge < -0.3 is 10.2 Å². The summed E-state index contributed by atoms with van der Waals surface area (Å²) >= 11 is 0. The van der Waals surface area contributed by atoms with E-state index >= 15 is 0 Å². The third kappa shape index (κ3) is 5.00. The van der Waals surface area contributed by atoms with Crippen LogP contribution in [0.4, 0.5) is 4.39 Å². The summed E-state index contributed by atoms with van der Waals surface area (Å²) < 4.78 is 14.0. The fourth-order valence-corrected chi connectivity index (χ4v) is 3.41. The molecule has 3 atom stereocenters. The van der Waals surface area contributed by atoms with E-state index in [0.717, 1.165) is 24.8 Å². The summed E-state index contributed by atoms with van der Waals surface area (Å²) in [5, 5.41) is 20.3. The molecule has 0 aliphatic carbocycles. The molecule has 2 N–H and O–H groups in total. The molecule has 1 aliphatic rings. The van der Waals surface area contributed by atoms with E-state index in [9.17, 15) is 14.6 Å². The van der Waals surface area contributed by atoms with Gasteiger partial charge in [0.25, 0.3) is 0 Å². The molecule has 0 radical (unpaired) electrons. The maximum Gasteiger partial charge on any atom is 0.114 e. The Kier molecular flexibility index (Phi) is 7.63. The van der Waals surface area contributed by atoms with Crippen molar-refractivity contribution in [3.05, 3.63) is 60.0 Å². The number of hydrogen-bond acceptors (Lipinski definition) is 3. The number of benzene rings is 1. The van der Waals surface area contributed by atoms with Gasteiger partial charge in [0.2, 0.25) is 0 Å². The molecule has 3 nitrogen and oxygen atoms in total. The van der Waals surface area contributed by atoms with Crippen LogP contribution in [-0.2, 0) is 0 Å². The van der Waals surface area contributed by atoms with Gasteiger partial charge in [-0.1, -0.05) is 49.4 Å². The van der Waals surface area contributed by atoms with Gasteiger partial charge in [-0.15, -0.1) is 0 Å². The zero-order valence-electron chi connectivity index (χ0n) is 14.3. The maximum atomic E-state index is 14.0. The van der Waals surface area contributed by atoms with Gasteiger partial charge in [0.1, 0.15) is 12.1 Å². The predicted molar refractivity (Wildman–Crippen MR) is 94.9 cm³/mol. The lowest BCUT2D eigenvalue weighted by atomic mass is 9.84. The number of rotatable bonds is 7. The summed E-state index contributed by atoms with van der Waals surface area (Å²) in [6.07, 6.45) is 6.71. The number of allylic oxidation sites excluding steroid dienone is 3. The van der Waals surface area contributed by atoms with Gasteiger partial charge in [0.05, 0.1) is 0 Å². The second-order valence-corrected chi connectivity index (χ2v) is 6.31. The van der Waals surface area contributed by atoms with Gasteiger partial charge in [0.15, 0.2) is 0 Å². The first-order valence-corrected chi connectivity index (χ1v) is 8.78. The van der Waals surface area contributed by atoms with Crippen molar-refractivity contribution in [3.8, 4) is 0 Å². The van der Waals surface area contributed by atoms with Crippen LogP contribution in [0.25, 0.3) is 0 Å². The van der Waals surface area contributed by atoms with Crippen LogP contribution in [0, 0.1) is 5.92 Å². The van der Waals surface area contributed by atoms with E-state index < -0.39 is 6.23 Å². The Bertz CT molecular complexity index is 544. The summed E-state index contributed by atoms with van der Waals surface area (Å²) in [4.78, 5) is 1.93. The Balaban J connectivity index is 2.15. The van der Waals surface area contributed by atoms with Crippen LogP contribution in [0.1, 0.15) is 44.2 Å². The fraction of sp³-hybridized carbons (Fsp3) is 0.500. The molecule has 0 saturated carbocycles. The molecule has 0 amide bonds. The van der Waals surface area contributed by atoms with Crippen molar-refractivity contribution >= 4 is 0 Å². The van der Waals surface area contributed by atoms with Crippen LogP contribution in [0.15, 0.2) is 54.4 Å². The monoisotopic (exact) mass is 333 g/mol. The molecule has 0 aromatic heterocycles. The Hall–Kier alpha value is -1.49. The highest BCUT2D eigenvalue weighted by atomic mass is 19.1. The maximum absolute atomic E-state index is 14.0. The van der Waals surface area contributed by atoms with Crippen molar-refractivity contribution in [2.75, 3.05) is 13.2 Å².